The van der Waals surface area contributed by atoms with Crippen LogP contribution < -0.4 is 18.9 Å². The molecular formula is C22H21NO7. The summed E-state index contributed by atoms with van der Waals surface area (Å²) in [5.74, 6) is 0.246. The van der Waals surface area contributed by atoms with E-state index in [2.05, 4.69) is 4.74 Å². The van der Waals surface area contributed by atoms with E-state index in [4.69, 9.17) is 24.2 Å². The molecule has 156 valence electrons. The molecular weight excluding hydrogens is 390 g/mol. The lowest BCUT2D eigenvalue weighted by Gasteiger charge is -2.11. The van der Waals surface area contributed by atoms with Gasteiger partial charge in [-0.3, -0.25) is 0 Å². The quantitative estimate of drug-likeness (QED) is 0.268. The third-order valence-electron chi connectivity index (χ3n) is 3.74. The van der Waals surface area contributed by atoms with Gasteiger partial charge in [0.15, 0.2) is 18.1 Å². The van der Waals surface area contributed by atoms with Gasteiger partial charge in [-0.15, -0.1) is 0 Å². The van der Waals surface area contributed by atoms with E-state index in [0.717, 1.165) is 0 Å². The third kappa shape index (κ3) is 6.27. The Balaban J connectivity index is 2.03. The molecule has 8 nitrogen and oxygen atoms in total. The fourth-order valence-corrected chi connectivity index (χ4v) is 2.36. The Morgan fingerprint density at radius 1 is 1.00 bits per heavy atom. The van der Waals surface area contributed by atoms with E-state index in [0.29, 0.717) is 23.7 Å². The molecule has 0 aliphatic carbocycles. The Labute approximate surface area is 174 Å². The number of rotatable bonds is 9. The summed E-state index contributed by atoms with van der Waals surface area (Å²) in [6, 6.07) is 13.2. The van der Waals surface area contributed by atoms with E-state index in [1.54, 1.807) is 36.4 Å². The lowest BCUT2D eigenvalue weighted by atomic mass is 10.1. The lowest BCUT2D eigenvalue weighted by molar-refractivity contribution is -0.137. The van der Waals surface area contributed by atoms with E-state index in [1.807, 2.05) is 6.92 Å². The highest BCUT2D eigenvalue weighted by Crippen LogP contribution is 2.29. The summed E-state index contributed by atoms with van der Waals surface area (Å²) in [5.41, 5.74) is 0.326. The van der Waals surface area contributed by atoms with Crippen molar-refractivity contribution in [3.8, 4) is 29.1 Å². The molecule has 0 spiro atoms. The molecule has 30 heavy (non-hydrogen) atoms. The van der Waals surface area contributed by atoms with Gasteiger partial charge in [-0.25, -0.2) is 9.59 Å². The zero-order valence-electron chi connectivity index (χ0n) is 16.8. The first kappa shape index (κ1) is 22.3. The molecule has 0 saturated carbocycles. The monoisotopic (exact) mass is 411 g/mol. The SMILES string of the molecule is CCOc1ccc(OCC(=O)Oc2ccc(/C=C(\C#N)C(=O)OC)cc2OC)cc1. The van der Waals surface area contributed by atoms with Crippen LogP contribution in [0.1, 0.15) is 12.5 Å². The molecule has 2 rings (SSSR count). The predicted molar refractivity (Wildman–Crippen MR) is 107 cm³/mol. The standard InChI is InChI=1S/C22H21NO7/c1-4-28-17-6-8-18(9-7-17)29-14-21(24)30-19-10-5-15(12-20(19)26-2)11-16(13-23)22(25)27-3/h5-12H,4,14H2,1-3H3/b16-11+. The lowest BCUT2D eigenvalue weighted by Crippen LogP contribution is -2.18. The predicted octanol–water partition coefficient (Wildman–Crippen LogP) is 3.16. The molecule has 0 saturated heterocycles. The second-order valence-electron chi connectivity index (χ2n) is 5.74. The largest absolute Gasteiger partial charge is 0.494 e. The van der Waals surface area contributed by atoms with Crippen LogP contribution in [0.4, 0.5) is 0 Å². The van der Waals surface area contributed by atoms with Crippen LogP contribution in [0.25, 0.3) is 6.08 Å². The van der Waals surface area contributed by atoms with Crippen LogP contribution in [0.3, 0.4) is 0 Å². The molecule has 0 bridgehead atoms. The maximum absolute atomic E-state index is 12.1. The summed E-state index contributed by atoms with van der Waals surface area (Å²) < 4.78 is 25.8. The van der Waals surface area contributed by atoms with E-state index in [9.17, 15) is 9.59 Å². The Hall–Kier alpha value is -3.99. The summed E-state index contributed by atoms with van der Waals surface area (Å²) in [6.45, 7) is 2.14. The molecule has 0 radical (unpaired) electrons. The smallest absolute Gasteiger partial charge is 0.349 e. The number of nitrogens with zero attached hydrogens (tertiary/aromatic N) is 1. The molecule has 0 unspecified atom stereocenters. The summed E-state index contributed by atoms with van der Waals surface area (Å²) >= 11 is 0. The van der Waals surface area contributed by atoms with Crippen molar-refractivity contribution in [2.75, 3.05) is 27.4 Å². The van der Waals surface area contributed by atoms with Gasteiger partial charge in [-0.05, 0) is 55.0 Å². The topological polar surface area (TPSA) is 104 Å². The van der Waals surface area contributed by atoms with E-state index >= 15 is 0 Å². The highest BCUT2D eigenvalue weighted by atomic mass is 16.6. The van der Waals surface area contributed by atoms with Gasteiger partial charge in [0.1, 0.15) is 23.1 Å². The second kappa shape index (κ2) is 11.1. The molecule has 0 amide bonds. The maximum atomic E-state index is 12.1. The zero-order chi connectivity index (χ0) is 21.9. The van der Waals surface area contributed by atoms with Crippen molar-refractivity contribution < 1.29 is 33.3 Å². The number of esters is 2. The Morgan fingerprint density at radius 3 is 2.23 bits per heavy atom. The molecule has 0 atom stereocenters. The van der Waals surface area contributed by atoms with E-state index in [1.165, 1.54) is 32.4 Å². The molecule has 8 heteroatoms. The van der Waals surface area contributed by atoms with Gasteiger partial charge >= 0.3 is 11.9 Å². The average molecular weight is 411 g/mol. The number of nitriles is 1. The van der Waals surface area contributed by atoms with Gasteiger partial charge in [0.05, 0.1) is 20.8 Å². The minimum atomic E-state index is -0.751. The first-order valence-electron chi connectivity index (χ1n) is 8.95. The Morgan fingerprint density at radius 2 is 1.67 bits per heavy atom. The maximum Gasteiger partial charge on any atom is 0.349 e. The number of hydrogen-bond acceptors (Lipinski definition) is 8. The highest BCUT2D eigenvalue weighted by Gasteiger charge is 2.13. The minimum Gasteiger partial charge on any atom is -0.494 e. The molecule has 2 aromatic carbocycles. The number of methoxy groups -OCH3 is 2. The second-order valence-corrected chi connectivity index (χ2v) is 5.74. The molecule has 0 fully saturated rings. The number of carbonyl (C=O) groups is 2. The van der Waals surface area contributed by atoms with E-state index in [-0.39, 0.29) is 23.7 Å². The number of hydrogen-bond donors (Lipinski definition) is 0. The Bertz CT molecular complexity index is 958. The van der Waals surface area contributed by atoms with E-state index < -0.39 is 11.9 Å². The number of ether oxygens (including phenoxy) is 5. The fourth-order valence-electron chi connectivity index (χ4n) is 2.36. The van der Waals surface area contributed by atoms with Crippen molar-refractivity contribution in [1.82, 2.24) is 0 Å². The van der Waals surface area contributed by atoms with Crippen molar-refractivity contribution in [1.29, 1.82) is 5.26 Å². The molecule has 0 aromatic heterocycles. The van der Waals surface area contributed by atoms with Crippen molar-refractivity contribution in [3.05, 3.63) is 53.6 Å². The van der Waals surface area contributed by atoms with Crippen molar-refractivity contribution in [2.24, 2.45) is 0 Å². The first-order valence-corrected chi connectivity index (χ1v) is 8.95. The van der Waals surface area contributed by atoms with Crippen LogP contribution in [0.2, 0.25) is 0 Å². The van der Waals surface area contributed by atoms with Crippen molar-refractivity contribution in [2.45, 2.75) is 6.92 Å². The summed E-state index contributed by atoms with van der Waals surface area (Å²) in [5, 5.41) is 9.04. The normalized spacial score (nSPS) is 10.5. The van der Waals surface area contributed by atoms with Crippen LogP contribution in [-0.2, 0) is 14.3 Å². The molecule has 0 N–H and O–H groups in total. The molecule has 0 aliphatic rings. The van der Waals surface area contributed by atoms with Crippen LogP contribution in [-0.4, -0.2) is 39.4 Å². The fraction of sp³-hybridized carbons (Fsp3) is 0.227. The van der Waals surface area contributed by atoms with Gasteiger partial charge < -0.3 is 23.7 Å². The van der Waals surface area contributed by atoms with Gasteiger partial charge in [-0.1, -0.05) is 6.07 Å². The molecule has 0 aliphatic heterocycles. The summed E-state index contributed by atoms with van der Waals surface area (Å²) in [7, 11) is 2.59. The van der Waals surface area contributed by atoms with Gasteiger partial charge in [-0.2, -0.15) is 5.26 Å². The van der Waals surface area contributed by atoms with Crippen LogP contribution in [0.15, 0.2) is 48.0 Å². The van der Waals surface area contributed by atoms with Crippen LogP contribution >= 0.6 is 0 Å². The zero-order valence-corrected chi connectivity index (χ0v) is 16.8. The molecule has 2 aromatic rings. The van der Waals surface area contributed by atoms with Gasteiger partial charge in [0.2, 0.25) is 0 Å². The Kier molecular flexibility index (Phi) is 8.27. The highest BCUT2D eigenvalue weighted by molar-refractivity contribution is 5.97. The summed E-state index contributed by atoms with van der Waals surface area (Å²) in [6.07, 6.45) is 1.34. The van der Waals surface area contributed by atoms with Crippen molar-refractivity contribution in [3.63, 3.8) is 0 Å². The summed E-state index contributed by atoms with van der Waals surface area (Å²) in [4.78, 5) is 23.6. The molecule has 0 heterocycles. The van der Waals surface area contributed by atoms with Crippen LogP contribution in [0, 0.1) is 11.3 Å². The minimum absolute atomic E-state index is 0.173. The van der Waals surface area contributed by atoms with Crippen molar-refractivity contribution >= 4 is 18.0 Å². The number of carbonyl (C=O) groups excluding carboxylic acids is 2. The van der Waals surface area contributed by atoms with Gasteiger partial charge in [0.25, 0.3) is 0 Å². The first-order chi connectivity index (χ1) is 14.5. The third-order valence-corrected chi connectivity index (χ3v) is 3.74. The van der Waals surface area contributed by atoms with Crippen LogP contribution in [0.5, 0.6) is 23.0 Å². The average Bonchev–Trinajstić information content (AvgIpc) is 2.77. The number of benzene rings is 2. The van der Waals surface area contributed by atoms with Gasteiger partial charge in [0, 0.05) is 0 Å².